The molecule has 22 heavy (non-hydrogen) atoms. The summed E-state index contributed by atoms with van der Waals surface area (Å²) in [6.45, 7) is 0. The highest BCUT2D eigenvalue weighted by molar-refractivity contribution is 5.92. The highest BCUT2D eigenvalue weighted by Gasteiger charge is 2.11. The van der Waals surface area contributed by atoms with Crippen LogP contribution in [0.15, 0.2) is 47.8 Å². The number of nitrogens with one attached hydrogen (secondary N) is 2. The Labute approximate surface area is 130 Å². The van der Waals surface area contributed by atoms with Gasteiger partial charge in [-0.05, 0) is 49.9 Å². The van der Waals surface area contributed by atoms with Gasteiger partial charge in [-0.1, -0.05) is 0 Å². The van der Waals surface area contributed by atoms with Crippen molar-refractivity contribution >= 4 is 22.9 Å². The van der Waals surface area contributed by atoms with E-state index in [1.165, 1.54) is 0 Å². The van der Waals surface area contributed by atoms with Crippen molar-refractivity contribution in [2.75, 3.05) is 10.6 Å². The molecule has 0 fully saturated rings. The van der Waals surface area contributed by atoms with E-state index < -0.39 is 0 Å². The molecule has 0 saturated heterocycles. The van der Waals surface area contributed by atoms with Gasteiger partial charge in [-0.25, -0.2) is 0 Å². The van der Waals surface area contributed by atoms with Crippen molar-refractivity contribution in [3.63, 3.8) is 0 Å². The molecule has 3 rings (SSSR count). The molecule has 1 aromatic carbocycles. The van der Waals surface area contributed by atoms with Gasteiger partial charge in [0.2, 0.25) is 0 Å². The highest BCUT2D eigenvalue weighted by Crippen LogP contribution is 2.22. The van der Waals surface area contributed by atoms with Crippen molar-refractivity contribution in [1.29, 1.82) is 0 Å². The van der Waals surface area contributed by atoms with Crippen LogP contribution in [0.4, 0.5) is 11.4 Å². The third-order valence-corrected chi connectivity index (χ3v) is 3.90. The van der Waals surface area contributed by atoms with E-state index in [2.05, 4.69) is 10.6 Å². The molecule has 0 aromatic heterocycles. The van der Waals surface area contributed by atoms with E-state index in [-0.39, 0.29) is 11.6 Å². The SMILES string of the molecule is O=C1C=C(Nc2ccc(NC3=CC(=O)CCC3)cc2)CCC1. The maximum absolute atomic E-state index is 11.4. The van der Waals surface area contributed by atoms with E-state index in [1.807, 2.05) is 24.3 Å². The van der Waals surface area contributed by atoms with Crippen molar-refractivity contribution in [1.82, 2.24) is 0 Å². The molecule has 2 aliphatic rings. The summed E-state index contributed by atoms with van der Waals surface area (Å²) >= 11 is 0. The number of carbonyl (C=O) groups excluding carboxylic acids is 2. The van der Waals surface area contributed by atoms with Gasteiger partial charge in [-0.3, -0.25) is 9.59 Å². The molecule has 0 aliphatic heterocycles. The molecule has 0 unspecified atom stereocenters. The van der Waals surface area contributed by atoms with Gasteiger partial charge in [0.05, 0.1) is 0 Å². The summed E-state index contributed by atoms with van der Waals surface area (Å²) in [4.78, 5) is 22.8. The molecular weight excluding hydrogens is 276 g/mol. The van der Waals surface area contributed by atoms with Crippen LogP contribution < -0.4 is 10.6 Å². The van der Waals surface area contributed by atoms with Crippen LogP contribution in [0.25, 0.3) is 0 Å². The number of anilines is 2. The van der Waals surface area contributed by atoms with Gasteiger partial charge < -0.3 is 10.6 Å². The van der Waals surface area contributed by atoms with Crippen molar-refractivity contribution in [3.8, 4) is 0 Å². The van der Waals surface area contributed by atoms with Crippen LogP contribution in [0, 0.1) is 0 Å². The summed E-state index contributed by atoms with van der Waals surface area (Å²) < 4.78 is 0. The maximum atomic E-state index is 11.4. The van der Waals surface area contributed by atoms with Crippen LogP contribution >= 0.6 is 0 Å². The Kier molecular flexibility index (Phi) is 4.37. The number of ketones is 2. The topological polar surface area (TPSA) is 58.2 Å². The molecule has 0 amide bonds. The number of allylic oxidation sites excluding steroid dienone is 4. The van der Waals surface area contributed by atoms with E-state index >= 15 is 0 Å². The second kappa shape index (κ2) is 6.60. The number of carbonyl (C=O) groups is 2. The number of benzene rings is 1. The van der Waals surface area contributed by atoms with Crippen LogP contribution in [0.2, 0.25) is 0 Å². The second-order valence-corrected chi connectivity index (χ2v) is 5.81. The standard InChI is InChI=1S/C18H20N2O2/c21-17-5-1-3-15(11-17)19-13-7-9-14(10-8-13)20-16-4-2-6-18(22)12-16/h7-12,19-20H,1-6H2. The van der Waals surface area contributed by atoms with E-state index in [9.17, 15) is 9.59 Å². The predicted octanol–water partition coefficient (Wildman–Crippen LogP) is 3.78. The zero-order valence-corrected chi connectivity index (χ0v) is 12.5. The lowest BCUT2D eigenvalue weighted by molar-refractivity contribution is -0.115. The molecule has 4 nitrogen and oxygen atoms in total. The van der Waals surface area contributed by atoms with Gasteiger partial charge in [0.1, 0.15) is 0 Å². The molecule has 0 bridgehead atoms. The molecule has 0 radical (unpaired) electrons. The minimum Gasteiger partial charge on any atom is -0.359 e. The maximum Gasteiger partial charge on any atom is 0.157 e. The fourth-order valence-corrected chi connectivity index (χ4v) is 2.79. The molecule has 2 N–H and O–H groups in total. The Morgan fingerprint density at radius 2 is 1.05 bits per heavy atom. The zero-order chi connectivity index (χ0) is 15.4. The molecule has 0 heterocycles. The smallest absolute Gasteiger partial charge is 0.157 e. The Balaban J connectivity index is 1.63. The first-order chi connectivity index (χ1) is 10.7. The molecule has 0 atom stereocenters. The Bertz CT molecular complexity index is 585. The molecule has 2 aliphatic carbocycles. The largest absolute Gasteiger partial charge is 0.359 e. The molecular formula is C18H20N2O2. The molecule has 4 heteroatoms. The van der Waals surface area contributed by atoms with Crippen LogP contribution in [0.5, 0.6) is 0 Å². The zero-order valence-electron chi connectivity index (χ0n) is 12.5. The third kappa shape index (κ3) is 3.85. The van der Waals surface area contributed by atoms with Crippen LogP contribution in [-0.4, -0.2) is 11.6 Å². The predicted molar refractivity (Wildman–Crippen MR) is 87.6 cm³/mol. The average Bonchev–Trinajstić information content (AvgIpc) is 2.49. The van der Waals surface area contributed by atoms with E-state index in [1.54, 1.807) is 12.2 Å². The van der Waals surface area contributed by atoms with Crippen molar-refractivity contribution < 1.29 is 9.59 Å². The van der Waals surface area contributed by atoms with E-state index in [0.717, 1.165) is 48.5 Å². The van der Waals surface area contributed by atoms with Crippen LogP contribution in [0.1, 0.15) is 38.5 Å². The van der Waals surface area contributed by atoms with Gasteiger partial charge >= 0.3 is 0 Å². The van der Waals surface area contributed by atoms with Crippen molar-refractivity contribution in [2.45, 2.75) is 38.5 Å². The summed E-state index contributed by atoms with van der Waals surface area (Å²) in [7, 11) is 0. The fraction of sp³-hybridized carbons (Fsp3) is 0.333. The van der Waals surface area contributed by atoms with Gasteiger partial charge in [0, 0.05) is 47.8 Å². The normalized spacial score (nSPS) is 18.5. The van der Waals surface area contributed by atoms with Crippen LogP contribution in [-0.2, 0) is 9.59 Å². The van der Waals surface area contributed by atoms with Gasteiger partial charge in [-0.15, -0.1) is 0 Å². The number of hydrogen-bond donors (Lipinski definition) is 2. The van der Waals surface area contributed by atoms with Gasteiger partial charge in [0.15, 0.2) is 11.6 Å². The second-order valence-electron chi connectivity index (χ2n) is 5.81. The minimum absolute atomic E-state index is 0.195. The average molecular weight is 296 g/mol. The summed E-state index contributed by atoms with van der Waals surface area (Å²) in [5.41, 5.74) is 3.91. The fourth-order valence-electron chi connectivity index (χ4n) is 2.79. The summed E-state index contributed by atoms with van der Waals surface area (Å²) in [6, 6.07) is 7.92. The van der Waals surface area contributed by atoms with Gasteiger partial charge in [0.25, 0.3) is 0 Å². The molecule has 0 spiro atoms. The first kappa shape index (κ1) is 14.6. The van der Waals surface area contributed by atoms with E-state index in [0.29, 0.717) is 12.8 Å². The van der Waals surface area contributed by atoms with Gasteiger partial charge in [-0.2, -0.15) is 0 Å². The molecule has 0 saturated carbocycles. The highest BCUT2D eigenvalue weighted by atomic mass is 16.1. The van der Waals surface area contributed by atoms with Crippen molar-refractivity contribution in [2.24, 2.45) is 0 Å². The number of hydrogen-bond acceptors (Lipinski definition) is 4. The first-order valence-corrected chi connectivity index (χ1v) is 7.80. The first-order valence-electron chi connectivity index (χ1n) is 7.80. The lowest BCUT2D eigenvalue weighted by Crippen LogP contribution is -2.10. The Hall–Kier alpha value is -2.36. The molecule has 1 aromatic rings. The monoisotopic (exact) mass is 296 g/mol. The molecule has 114 valence electrons. The van der Waals surface area contributed by atoms with Crippen molar-refractivity contribution in [3.05, 3.63) is 47.8 Å². The Morgan fingerprint density at radius 3 is 1.41 bits per heavy atom. The lowest BCUT2D eigenvalue weighted by atomic mass is 10.0. The Morgan fingerprint density at radius 1 is 0.636 bits per heavy atom. The van der Waals surface area contributed by atoms with Crippen LogP contribution in [0.3, 0.4) is 0 Å². The lowest BCUT2D eigenvalue weighted by Gasteiger charge is -2.16. The number of rotatable bonds is 4. The quantitative estimate of drug-likeness (QED) is 0.887. The summed E-state index contributed by atoms with van der Waals surface area (Å²) in [6.07, 6.45) is 8.38. The summed E-state index contributed by atoms with van der Waals surface area (Å²) in [5, 5.41) is 6.59. The van der Waals surface area contributed by atoms with E-state index in [4.69, 9.17) is 0 Å². The minimum atomic E-state index is 0.195. The third-order valence-electron chi connectivity index (χ3n) is 3.90. The summed E-state index contributed by atoms with van der Waals surface area (Å²) in [5.74, 6) is 0.391.